The molecule has 4 rings (SSSR count). The Morgan fingerprint density at radius 1 is 1.05 bits per heavy atom. The second kappa shape index (κ2) is 11.9. The molecule has 196 valence electrons. The Labute approximate surface area is 224 Å². The maximum atomic E-state index is 15.1. The van der Waals surface area contributed by atoms with E-state index in [-0.39, 0.29) is 18.6 Å². The number of carbonyl (C=O) groups is 2. The predicted molar refractivity (Wildman–Crippen MR) is 142 cm³/mol. The number of rotatable bonds is 8. The Hall–Kier alpha value is -4.17. The number of benzene rings is 3. The summed E-state index contributed by atoms with van der Waals surface area (Å²) in [7, 11) is 0. The monoisotopic (exact) mass is 536 g/mol. The van der Waals surface area contributed by atoms with Gasteiger partial charge < -0.3 is 14.0 Å². The molecule has 1 atom stereocenters. The van der Waals surface area contributed by atoms with Gasteiger partial charge in [-0.2, -0.15) is 0 Å². The number of hydrogen-bond acceptors (Lipinski definition) is 6. The molecule has 1 N–H and O–H groups in total. The summed E-state index contributed by atoms with van der Waals surface area (Å²) in [5.41, 5.74) is 3.33. The van der Waals surface area contributed by atoms with Crippen molar-refractivity contribution in [3.63, 3.8) is 0 Å². The highest BCUT2D eigenvalue weighted by atomic mass is 35.5. The number of ether oxygens (including phenoxy) is 2. The van der Waals surface area contributed by atoms with Gasteiger partial charge in [0.15, 0.2) is 5.76 Å². The summed E-state index contributed by atoms with van der Waals surface area (Å²) in [5.74, 6) is -0.645. The van der Waals surface area contributed by atoms with Crippen molar-refractivity contribution in [3.8, 4) is 22.5 Å². The van der Waals surface area contributed by atoms with Gasteiger partial charge in [0.1, 0.15) is 23.3 Å². The lowest BCUT2D eigenvalue weighted by Crippen LogP contribution is -2.17. The van der Waals surface area contributed by atoms with Crippen LogP contribution in [0.2, 0.25) is 5.02 Å². The third kappa shape index (κ3) is 6.03. The van der Waals surface area contributed by atoms with Gasteiger partial charge >= 0.3 is 12.1 Å². The standard InChI is InChI=1S/C29H26ClFN2O5/c1-4-36-25(34)16-21-8-7-10-23(26(21)31)19-12-14-20(15-13-19)28-27(17(2)33-38-28)32-29(35)37-18(3)22-9-5-6-11-24(22)30/h5-15,18H,4,16H2,1-3H3,(H,32,35). The molecule has 0 bridgehead atoms. The van der Waals surface area contributed by atoms with Crippen molar-refractivity contribution in [1.29, 1.82) is 0 Å². The third-order valence-corrected chi connectivity index (χ3v) is 6.24. The lowest BCUT2D eigenvalue weighted by Gasteiger charge is -2.15. The van der Waals surface area contributed by atoms with Gasteiger partial charge in [-0.15, -0.1) is 0 Å². The topological polar surface area (TPSA) is 90.7 Å². The predicted octanol–water partition coefficient (Wildman–Crippen LogP) is 7.52. The second-order valence-corrected chi connectivity index (χ2v) is 8.91. The molecule has 9 heteroatoms. The number of carbonyl (C=O) groups excluding carboxylic acids is 2. The summed E-state index contributed by atoms with van der Waals surface area (Å²) in [6, 6.07) is 18.9. The molecule has 1 unspecified atom stereocenters. The molecule has 4 aromatic rings. The van der Waals surface area contributed by atoms with Crippen molar-refractivity contribution in [2.45, 2.75) is 33.3 Å². The largest absolute Gasteiger partial charge is 0.466 e. The van der Waals surface area contributed by atoms with Crippen molar-refractivity contribution < 1.29 is 28.0 Å². The van der Waals surface area contributed by atoms with Gasteiger partial charge in [0.05, 0.1) is 13.0 Å². The van der Waals surface area contributed by atoms with Crippen LogP contribution in [0.5, 0.6) is 0 Å². The first-order valence-corrected chi connectivity index (χ1v) is 12.4. The number of halogens is 2. The van der Waals surface area contributed by atoms with Crippen LogP contribution in [-0.2, 0) is 20.7 Å². The molecule has 38 heavy (non-hydrogen) atoms. The fraction of sp³-hybridized carbons (Fsp3) is 0.207. The molecule has 0 aliphatic carbocycles. The number of aryl methyl sites for hydroxylation is 1. The average molecular weight is 537 g/mol. The van der Waals surface area contributed by atoms with Crippen molar-refractivity contribution in [2.24, 2.45) is 0 Å². The van der Waals surface area contributed by atoms with E-state index in [1.54, 1.807) is 81.4 Å². The highest BCUT2D eigenvalue weighted by molar-refractivity contribution is 6.31. The number of aromatic nitrogens is 1. The van der Waals surface area contributed by atoms with Gasteiger partial charge in [-0.1, -0.05) is 77.4 Å². The highest BCUT2D eigenvalue weighted by Gasteiger charge is 2.21. The van der Waals surface area contributed by atoms with Crippen molar-refractivity contribution in [3.05, 3.63) is 94.4 Å². The number of hydrogen-bond donors (Lipinski definition) is 1. The summed E-state index contributed by atoms with van der Waals surface area (Å²) in [6.45, 7) is 5.35. The van der Waals surface area contributed by atoms with Crippen LogP contribution in [0.25, 0.3) is 22.5 Å². The van der Waals surface area contributed by atoms with Crippen molar-refractivity contribution in [1.82, 2.24) is 5.16 Å². The molecule has 7 nitrogen and oxygen atoms in total. The van der Waals surface area contributed by atoms with E-state index in [4.69, 9.17) is 25.6 Å². The van der Waals surface area contributed by atoms with Gasteiger partial charge in [-0.25, -0.2) is 9.18 Å². The van der Waals surface area contributed by atoms with Gasteiger partial charge in [0.2, 0.25) is 0 Å². The second-order valence-electron chi connectivity index (χ2n) is 8.50. The lowest BCUT2D eigenvalue weighted by molar-refractivity contribution is -0.142. The SMILES string of the molecule is CCOC(=O)Cc1cccc(-c2ccc(-c3onc(C)c3NC(=O)OC(C)c3ccccc3Cl)cc2)c1F. The minimum atomic E-state index is -0.693. The summed E-state index contributed by atoms with van der Waals surface area (Å²) < 4.78 is 31.1. The Kier molecular flexibility index (Phi) is 8.43. The molecule has 3 aromatic carbocycles. The number of nitrogens with zero attached hydrogens (tertiary/aromatic N) is 1. The van der Waals surface area contributed by atoms with Gasteiger partial charge in [-0.05, 0) is 38.0 Å². The summed E-state index contributed by atoms with van der Waals surface area (Å²) in [5, 5.41) is 7.18. The normalized spacial score (nSPS) is 11.6. The zero-order valence-electron chi connectivity index (χ0n) is 21.1. The van der Waals surface area contributed by atoms with E-state index < -0.39 is 24.0 Å². The van der Waals surface area contributed by atoms with E-state index in [1.165, 1.54) is 0 Å². The van der Waals surface area contributed by atoms with Crippen LogP contribution in [0.15, 0.2) is 71.3 Å². The van der Waals surface area contributed by atoms with Crippen LogP contribution >= 0.6 is 11.6 Å². The summed E-state index contributed by atoms with van der Waals surface area (Å²) in [6.07, 6.45) is -1.42. The minimum absolute atomic E-state index is 0.150. The maximum Gasteiger partial charge on any atom is 0.412 e. The van der Waals surface area contributed by atoms with Crippen LogP contribution in [0.3, 0.4) is 0 Å². The molecule has 1 aromatic heterocycles. The fourth-order valence-corrected chi connectivity index (χ4v) is 4.27. The lowest BCUT2D eigenvalue weighted by atomic mass is 9.99. The first kappa shape index (κ1) is 26.9. The first-order chi connectivity index (χ1) is 18.3. The Balaban J connectivity index is 1.52. The Bertz CT molecular complexity index is 1450. The van der Waals surface area contributed by atoms with E-state index in [0.717, 1.165) is 0 Å². The third-order valence-electron chi connectivity index (χ3n) is 5.89. The van der Waals surface area contributed by atoms with Gasteiger partial charge in [0, 0.05) is 21.7 Å². The maximum absolute atomic E-state index is 15.1. The number of anilines is 1. The molecule has 0 aliphatic heterocycles. The molecule has 0 saturated carbocycles. The van der Waals surface area contributed by atoms with E-state index >= 15 is 4.39 Å². The number of amides is 1. The zero-order chi connectivity index (χ0) is 27.2. The Morgan fingerprint density at radius 3 is 2.47 bits per heavy atom. The number of esters is 1. The minimum Gasteiger partial charge on any atom is -0.466 e. The Morgan fingerprint density at radius 2 is 1.76 bits per heavy atom. The van der Waals surface area contributed by atoms with E-state index in [0.29, 0.717) is 44.4 Å². The smallest absolute Gasteiger partial charge is 0.412 e. The van der Waals surface area contributed by atoms with E-state index in [9.17, 15) is 9.59 Å². The van der Waals surface area contributed by atoms with E-state index in [1.807, 2.05) is 6.07 Å². The quantitative estimate of drug-likeness (QED) is 0.234. The zero-order valence-corrected chi connectivity index (χ0v) is 21.8. The molecule has 0 radical (unpaired) electrons. The van der Waals surface area contributed by atoms with Gasteiger partial charge in [0.25, 0.3) is 0 Å². The molecule has 0 spiro atoms. The molecular weight excluding hydrogens is 511 g/mol. The molecule has 0 saturated heterocycles. The molecular formula is C29H26ClFN2O5. The average Bonchev–Trinajstić information content (AvgIpc) is 3.25. The summed E-state index contributed by atoms with van der Waals surface area (Å²) in [4.78, 5) is 24.5. The highest BCUT2D eigenvalue weighted by Crippen LogP contribution is 2.34. The first-order valence-electron chi connectivity index (χ1n) is 12.0. The van der Waals surface area contributed by atoms with Crippen LogP contribution in [0, 0.1) is 12.7 Å². The van der Waals surface area contributed by atoms with Crippen LogP contribution < -0.4 is 5.32 Å². The van der Waals surface area contributed by atoms with Crippen molar-refractivity contribution >= 4 is 29.4 Å². The summed E-state index contributed by atoms with van der Waals surface area (Å²) >= 11 is 6.21. The number of nitrogens with one attached hydrogen (secondary N) is 1. The van der Waals surface area contributed by atoms with E-state index in [2.05, 4.69) is 10.5 Å². The van der Waals surface area contributed by atoms with Crippen LogP contribution in [-0.4, -0.2) is 23.8 Å². The molecule has 1 heterocycles. The molecule has 0 aliphatic rings. The molecule has 0 fully saturated rings. The van der Waals surface area contributed by atoms with Crippen molar-refractivity contribution in [2.75, 3.05) is 11.9 Å². The van der Waals surface area contributed by atoms with Gasteiger partial charge in [-0.3, -0.25) is 10.1 Å². The fourth-order valence-electron chi connectivity index (χ4n) is 3.98. The van der Waals surface area contributed by atoms with Crippen LogP contribution in [0.4, 0.5) is 14.9 Å². The molecule has 1 amide bonds. The van der Waals surface area contributed by atoms with Crippen LogP contribution in [0.1, 0.15) is 36.8 Å².